The predicted molar refractivity (Wildman–Crippen MR) is 81.4 cm³/mol. The van der Waals surface area contributed by atoms with Gasteiger partial charge >= 0.3 is 0 Å². The second-order valence-electron chi connectivity index (χ2n) is 4.44. The highest BCUT2D eigenvalue weighted by molar-refractivity contribution is 5.79. The van der Waals surface area contributed by atoms with Crippen molar-refractivity contribution in [2.24, 2.45) is 4.99 Å². The van der Waals surface area contributed by atoms with E-state index >= 15 is 0 Å². The van der Waals surface area contributed by atoms with Crippen molar-refractivity contribution in [3.63, 3.8) is 0 Å². The molecule has 1 rings (SSSR count). The molecule has 0 unspecified atom stereocenters. The van der Waals surface area contributed by atoms with Crippen molar-refractivity contribution in [1.29, 1.82) is 0 Å². The Balaban J connectivity index is 2.30. The molecule has 1 aromatic rings. The number of guanidine groups is 1. The lowest BCUT2D eigenvalue weighted by Gasteiger charge is -2.21. The molecule has 1 heterocycles. The van der Waals surface area contributed by atoms with Gasteiger partial charge in [-0.1, -0.05) is 12.1 Å². The lowest BCUT2D eigenvalue weighted by atomic mass is 10.2. The quantitative estimate of drug-likeness (QED) is 0.353. The molecule has 0 amide bonds. The molecule has 0 spiro atoms. The molecule has 4 nitrogen and oxygen atoms in total. The maximum absolute atomic E-state index is 4.29. The van der Waals surface area contributed by atoms with E-state index in [1.54, 1.807) is 6.20 Å². The molecule has 0 saturated heterocycles. The summed E-state index contributed by atoms with van der Waals surface area (Å²) >= 11 is 0. The minimum atomic E-state index is 0.865. The number of hydrogen-bond donors (Lipinski definition) is 1. The number of aliphatic imine (C=N–C) groups is 1. The van der Waals surface area contributed by atoms with Crippen molar-refractivity contribution in [1.82, 2.24) is 15.2 Å². The first-order valence-electron chi connectivity index (χ1n) is 6.69. The molecule has 0 radical (unpaired) electrons. The van der Waals surface area contributed by atoms with Gasteiger partial charge in [0.15, 0.2) is 5.96 Å². The Morgan fingerprint density at radius 1 is 1.58 bits per heavy atom. The van der Waals surface area contributed by atoms with Crippen LogP contribution in [-0.4, -0.2) is 43.0 Å². The summed E-state index contributed by atoms with van der Waals surface area (Å²) < 4.78 is 0. The van der Waals surface area contributed by atoms with Gasteiger partial charge in [0.25, 0.3) is 0 Å². The molecule has 0 atom stereocenters. The Kier molecular flexibility index (Phi) is 7.32. The summed E-state index contributed by atoms with van der Waals surface area (Å²) in [5, 5.41) is 3.37. The van der Waals surface area contributed by atoms with E-state index < -0.39 is 0 Å². The number of aromatic nitrogens is 1. The Morgan fingerprint density at radius 3 is 3.05 bits per heavy atom. The molecule has 0 fully saturated rings. The molecular formula is C15H24N4. The number of unbranched alkanes of at least 4 members (excludes halogenated alkanes) is 1. The van der Waals surface area contributed by atoms with Crippen LogP contribution in [0.1, 0.15) is 18.4 Å². The zero-order valence-corrected chi connectivity index (χ0v) is 12.0. The number of pyridine rings is 1. The van der Waals surface area contributed by atoms with Crippen molar-refractivity contribution in [2.45, 2.75) is 19.3 Å². The minimum Gasteiger partial charge on any atom is -0.356 e. The molecule has 0 aliphatic heterocycles. The third-order valence-electron chi connectivity index (χ3n) is 2.89. The summed E-state index contributed by atoms with van der Waals surface area (Å²) in [6.07, 6.45) is 8.74. The summed E-state index contributed by atoms with van der Waals surface area (Å²) in [6, 6.07) is 4.05. The fourth-order valence-corrected chi connectivity index (χ4v) is 1.83. The van der Waals surface area contributed by atoms with Gasteiger partial charge in [-0.05, 0) is 30.9 Å². The van der Waals surface area contributed by atoms with Gasteiger partial charge in [-0.25, -0.2) is 0 Å². The van der Waals surface area contributed by atoms with E-state index in [4.69, 9.17) is 0 Å². The molecule has 19 heavy (non-hydrogen) atoms. The van der Waals surface area contributed by atoms with Crippen LogP contribution >= 0.6 is 0 Å². The molecule has 4 heteroatoms. The van der Waals surface area contributed by atoms with E-state index in [2.05, 4.69) is 39.9 Å². The van der Waals surface area contributed by atoms with E-state index in [1.165, 1.54) is 5.56 Å². The molecule has 104 valence electrons. The number of allylic oxidation sites excluding steroid dienone is 1. The first-order valence-corrected chi connectivity index (χ1v) is 6.69. The lowest BCUT2D eigenvalue weighted by molar-refractivity contribution is 0.470. The molecule has 1 aromatic heterocycles. The zero-order chi connectivity index (χ0) is 13.9. The van der Waals surface area contributed by atoms with E-state index in [0.29, 0.717) is 0 Å². The van der Waals surface area contributed by atoms with Gasteiger partial charge in [0, 0.05) is 39.6 Å². The van der Waals surface area contributed by atoms with E-state index in [0.717, 1.165) is 38.3 Å². The minimum absolute atomic E-state index is 0.865. The van der Waals surface area contributed by atoms with Crippen LogP contribution in [0.3, 0.4) is 0 Å². The van der Waals surface area contributed by atoms with Gasteiger partial charge in [-0.15, -0.1) is 6.58 Å². The highest BCUT2D eigenvalue weighted by Crippen LogP contribution is 1.97. The smallest absolute Gasteiger partial charge is 0.193 e. The van der Waals surface area contributed by atoms with Gasteiger partial charge in [0.05, 0.1) is 0 Å². The Bertz CT molecular complexity index is 386. The van der Waals surface area contributed by atoms with Crippen molar-refractivity contribution >= 4 is 5.96 Å². The number of nitrogens with zero attached hydrogens (tertiary/aromatic N) is 3. The number of hydrogen-bond acceptors (Lipinski definition) is 2. The normalized spacial score (nSPS) is 11.2. The van der Waals surface area contributed by atoms with Gasteiger partial charge in [0.1, 0.15) is 0 Å². The first-order chi connectivity index (χ1) is 9.27. The van der Waals surface area contributed by atoms with E-state index in [1.807, 2.05) is 25.4 Å². The number of nitrogens with one attached hydrogen (secondary N) is 1. The average Bonchev–Trinajstić information content (AvgIpc) is 2.45. The maximum atomic E-state index is 4.29. The molecule has 0 aliphatic rings. The standard InChI is InChI=1S/C15H24N4/c1-4-5-6-12-19(3)15(16-2)18-11-9-14-8-7-10-17-13-14/h4,7-8,10,13H,1,5-6,9,11-12H2,2-3H3,(H,16,18). The topological polar surface area (TPSA) is 40.5 Å². The average molecular weight is 260 g/mol. The molecule has 0 bridgehead atoms. The van der Waals surface area contributed by atoms with Crippen molar-refractivity contribution < 1.29 is 0 Å². The van der Waals surface area contributed by atoms with E-state index in [9.17, 15) is 0 Å². The van der Waals surface area contributed by atoms with Gasteiger partial charge < -0.3 is 10.2 Å². The summed E-state index contributed by atoms with van der Waals surface area (Å²) in [4.78, 5) is 10.5. The Morgan fingerprint density at radius 2 is 2.42 bits per heavy atom. The SMILES string of the molecule is C=CCCCN(C)C(=NC)NCCc1cccnc1. The third kappa shape index (κ3) is 6.04. The van der Waals surface area contributed by atoms with Crippen molar-refractivity contribution in [3.05, 3.63) is 42.7 Å². The maximum Gasteiger partial charge on any atom is 0.193 e. The largest absolute Gasteiger partial charge is 0.356 e. The zero-order valence-electron chi connectivity index (χ0n) is 12.0. The fraction of sp³-hybridized carbons (Fsp3) is 0.467. The van der Waals surface area contributed by atoms with Crippen LogP contribution in [0.15, 0.2) is 42.2 Å². The summed E-state index contributed by atoms with van der Waals surface area (Å²) in [5.41, 5.74) is 1.24. The molecule has 0 aromatic carbocycles. The van der Waals surface area contributed by atoms with Gasteiger partial charge in [-0.2, -0.15) is 0 Å². The Labute approximate surface area is 116 Å². The second-order valence-corrected chi connectivity index (χ2v) is 4.44. The number of rotatable bonds is 7. The molecular weight excluding hydrogens is 236 g/mol. The van der Waals surface area contributed by atoms with Crippen LogP contribution in [0.4, 0.5) is 0 Å². The summed E-state index contributed by atoms with van der Waals surface area (Å²) in [6.45, 7) is 5.59. The van der Waals surface area contributed by atoms with Gasteiger partial charge in [-0.3, -0.25) is 9.98 Å². The molecule has 0 saturated carbocycles. The highest BCUT2D eigenvalue weighted by Gasteiger charge is 2.04. The molecule has 0 aliphatic carbocycles. The van der Waals surface area contributed by atoms with Gasteiger partial charge in [0.2, 0.25) is 0 Å². The monoisotopic (exact) mass is 260 g/mol. The van der Waals surface area contributed by atoms with Crippen LogP contribution in [-0.2, 0) is 6.42 Å². The van der Waals surface area contributed by atoms with Crippen LogP contribution in [0.25, 0.3) is 0 Å². The van der Waals surface area contributed by atoms with Crippen molar-refractivity contribution in [2.75, 3.05) is 27.2 Å². The van der Waals surface area contributed by atoms with Crippen molar-refractivity contribution in [3.8, 4) is 0 Å². The first kappa shape index (κ1) is 15.2. The molecule has 1 N–H and O–H groups in total. The summed E-state index contributed by atoms with van der Waals surface area (Å²) in [5.74, 6) is 0.938. The van der Waals surface area contributed by atoms with Crippen LogP contribution in [0.2, 0.25) is 0 Å². The third-order valence-corrected chi connectivity index (χ3v) is 2.89. The highest BCUT2D eigenvalue weighted by atomic mass is 15.3. The predicted octanol–water partition coefficient (Wildman–Crippen LogP) is 2.10. The fourth-order valence-electron chi connectivity index (χ4n) is 1.83. The Hall–Kier alpha value is -1.84. The van der Waals surface area contributed by atoms with Crippen LogP contribution in [0.5, 0.6) is 0 Å². The van der Waals surface area contributed by atoms with Crippen LogP contribution < -0.4 is 5.32 Å². The van der Waals surface area contributed by atoms with E-state index in [-0.39, 0.29) is 0 Å². The van der Waals surface area contributed by atoms with Crippen LogP contribution in [0, 0.1) is 0 Å². The summed E-state index contributed by atoms with van der Waals surface area (Å²) in [7, 11) is 3.87. The lowest BCUT2D eigenvalue weighted by Crippen LogP contribution is -2.40. The second kappa shape index (κ2) is 9.14.